The van der Waals surface area contributed by atoms with Gasteiger partial charge in [-0.05, 0) is 24.1 Å². The number of ether oxygens (including phenoxy) is 1. The number of carbonyl (C=O) groups excluding carboxylic acids is 1. The SMILES string of the molecule is Cc1cc([N+](=O)[O-])ccc1C(=O)OCc1ccccc1. The zero-order chi connectivity index (χ0) is 14.5. The molecule has 0 spiro atoms. The van der Waals surface area contributed by atoms with Gasteiger partial charge in [-0.15, -0.1) is 0 Å². The van der Waals surface area contributed by atoms with Crippen molar-refractivity contribution in [2.24, 2.45) is 0 Å². The molecule has 0 heterocycles. The average molecular weight is 271 g/mol. The number of hydrogen-bond donors (Lipinski definition) is 0. The lowest BCUT2D eigenvalue weighted by molar-refractivity contribution is -0.384. The quantitative estimate of drug-likeness (QED) is 0.486. The first-order valence-corrected chi connectivity index (χ1v) is 6.04. The van der Waals surface area contributed by atoms with E-state index in [1.165, 1.54) is 18.2 Å². The van der Waals surface area contributed by atoms with Crippen LogP contribution in [0.2, 0.25) is 0 Å². The van der Waals surface area contributed by atoms with Crippen molar-refractivity contribution >= 4 is 11.7 Å². The summed E-state index contributed by atoms with van der Waals surface area (Å²) in [5.74, 6) is -0.485. The lowest BCUT2D eigenvalue weighted by Crippen LogP contribution is -2.07. The molecular formula is C15H13NO4. The van der Waals surface area contributed by atoms with Gasteiger partial charge in [0.2, 0.25) is 0 Å². The maximum atomic E-state index is 11.9. The normalized spacial score (nSPS) is 10.1. The Morgan fingerprint density at radius 3 is 2.50 bits per heavy atom. The number of hydrogen-bond acceptors (Lipinski definition) is 4. The van der Waals surface area contributed by atoms with E-state index in [4.69, 9.17) is 4.74 Å². The van der Waals surface area contributed by atoms with Crippen molar-refractivity contribution in [3.8, 4) is 0 Å². The zero-order valence-electron chi connectivity index (χ0n) is 10.9. The van der Waals surface area contributed by atoms with Crippen molar-refractivity contribution in [3.63, 3.8) is 0 Å². The minimum Gasteiger partial charge on any atom is -0.457 e. The number of carbonyl (C=O) groups is 1. The van der Waals surface area contributed by atoms with E-state index in [1.54, 1.807) is 6.92 Å². The second kappa shape index (κ2) is 5.97. The third-order valence-electron chi connectivity index (χ3n) is 2.85. The van der Waals surface area contributed by atoms with Gasteiger partial charge in [0.1, 0.15) is 6.61 Å². The van der Waals surface area contributed by atoms with Gasteiger partial charge >= 0.3 is 5.97 Å². The van der Waals surface area contributed by atoms with Gasteiger partial charge in [0.15, 0.2) is 0 Å². The average Bonchev–Trinajstić information content (AvgIpc) is 2.45. The summed E-state index contributed by atoms with van der Waals surface area (Å²) in [7, 11) is 0. The molecule has 0 fully saturated rings. The van der Waals surface area contributed by atoms with E-state index in [0.717, 1.165) is 5.56 Å². The van der Waals surface area contributed by atoms with Crippen LogP contribution in [0.3, 0.4) is 0 Å². The molecule has 0 aliphatic heterocycles. The van der Waals surface area contributed by atoms with E-state index in [9.17, 15) is 14.9 Å². The summed E-state index contributed by atoms with van der Waals surface area (Å²) in [6.07, 6.45) is 0. The highest BCUT2D eigenvalue weighted by Gasteiger charge is 2.14. The van der Waals surface area contributed by atoms with Crippen LogP contribution in [0.1, 0.15) is 21.5 Å². The molecule has 2 rings (SSSR count). The van der Waals surface area contributed by atoms with Crippen LogP contribution in [-0.2, 0) is 11.3 Å². The topological polar surface area (TPSA) is 69.4 Å². The Morgan fingerprint density at radius 1 is 1.20 bits per heavy atom. The van der Waals surface area contributed by atoms with E-state index >= 15 is 0 Å². The van der Waals surface area contributed by atoms with Crippen molar-refractivity contribution in [3.05, 3.63) is 75.3 Å². The van der Waals surface area contributed by atoms with Crippen molar-refractivity contribution in [1.82, 2.24) is 0 Å². The van der Waals surface area contributed by atoms with Crippen molar-refractivity contribution < 1.29 is 14.5 Å². The highest BCUT2D eigenvalue weighted by molar-refractivity contribution is 5.91. The van der Waals surface area contributed by atoms with Gasteiger partial charge in [-0.25, -0.2) is 4.79 Å². The predicted molar refractivity (Wildman–Crippen MR) is 73.4 cm³/mol. The summed E-state index contributed by atoms with van der Waals surface area (Å²) in [6, 6.07) is 13.4. The molecule has 5 nitrogen and oxygen atoms in total. The molecule has 0 N–H and O–H groups in total. The molecule has 2 aromatic rings. The molecule has 0 atom stereocenters. The molecule has 0 amide bonds. The molecule has 0 aromatic heterocycles. The van der Waals surface area contributed by atoms with Crippen LogP contribution in [0.4, 0.5) is 5.69 Å². The van der Waals surface area contributed by atoms with Gasteiger partial charge in [-0.1, -0.05) is 30.3 Å². The van der Waals surface area contributed by atoms with Gasteiger partial charge in [0, 0.05) is 12.1 Å². The van der Waals surface area contributed by atoms with Gasteiger partial charge in [0.05, 0.1) is 10.5 Å². The summed E-state index contributed by atoms with van der Waals surface area (Å²) in [5.41, 5.74) is 1.71. The molecule has 0 radical (unpaired) electrons. The fourth-order valence-corrected chi connectivity index (χ4v) is 1.79. The fourth-order valence-electron chi connectivity index (χ4n) is 1.79. The molecule has 0 aliphatic rings. The number of rotatable bonds is 4. The molecule has 0 unspecified atom stereocenters. The highest BCUT2D eigenvalue weighted by Crippen LogP contribution is 2.18. The molecule has 102 valence electrons. The molecular weight excluding hydrogens is 258 g/mol. The lowest BCUT2D eigenvalue weighted by atomic mass is 10.1. The van der Waals surface area contributed by atoms with Gasteiger partial charge in [-0.3, -0.25) is 10.1 Å². The lowest BCUT2D eigenvalue weighted by Gasteiger charge is -2.07. The van der Waals surface area contributed by atoms with E-state index in [-0.39, 0.29) is 12.3 Å². The Bertz CT molecular complexity index is 638. The Labute approximate surface area is 116 Å². The van der Waals surface area contributed by atoms with Crippen LogP contribution in [0.25, 0.3) is 0 Å². The van der Waals surface area contributed by atoms with Crippen molar-refractivity contribution in [1.29, 1.82) is 0 Å². The largest absolute Gasteiger partial charge is 0.457 e. The van der Waals surface area contributed by atoms with Crippen LogP contribution >= 0.6 is 0 Å². The van der Waals surface area contributed by atoms with E-state index in [1.807, 2.05) is 30.3 Å². The van der Waals surface area contributed by atoms with Crippen molar-refractivity contribution in [2.45, 2.75) is 13.5 Å². The molecule has 0 bridgehead atoms. The molecule has 2 aromatic carbocycles. The van der Waals surface area contributed by atoms with Crippen LogP contribution < -0.4 is 0 Å². The Morgan fingerprint density at radius 2 is 1.90 bits per heavy atom. The molecule has 5 heteroatoms. The fraction of sp³-hybridized carbons (Fsp3) is 0.133. The minimum absolute atomic E-state index is 0.0397. The number of benzene rings is 2. The predicted octanol–water partition coefficient (Wildman–Crippen LogP) is 3.26. The summed E-state index contributed by atoms with van der Waals surface area (Å²) >= 11 is 0. The summed E-state index contributed by atoms with van der Waals surface area (Å²) in [5, 5.41) is 10.6. The van der Waals surface area contributed by atoms with Crippen molar-refractivity contribution in [2.75, 3.05) is 0 Å². The van der Waals surface area contributed by atoms with Crippen LogP contribution in [-0.4, -0.2) is 10.9 Å². The first-order chi connectivity index (χ1) is 9.58. The van der Waals surface area contributed by atoms with Gasteiger partial charge in [-0.2, -0.15) is 0 Å². The van der Waals surface area contributed by atoms with Crippen LogP contribution in [0.15, 0.2) is 48.5 Å². The molecule has 20 heavy (non-hydrogen) atoms. The molecule has 0 saturated heterocycles. The van der Waals surface area contributed by atoms with Crippen LogP contribution in [0.5, 0.6) is 0 Å². The number of esters is 1. The summed E-state index contributed by atoms with van der Waals surface area (Å²) in [4.78, 5) is 22.1. The number of aryl methyl sites for hydroxylation is 1. The number of nitro benzene ring substituents is 1. The highest BCUT2D eigenvalue weighted by atomic mass is 16.6. The Balaban J connectivity index is 2.08. The number of nitro groups is 1. The second-order valence-corrected chi connectivity index (χ2v) is 4.32. The smallest absolute Gasteiger partial charge is 0.338 e. The number of non-ortho nitro benzene ring substituents is 1. The number of nitrogens with zero attached hydrogens (tertiary/aromatic N) is 1. The summed E-state index contributed by atoms with van der Waals surface area (Å²) in [6.45, 7) is 1.82. The first kappa shape index (κ1) is 13.7. The minimum atomic E-state index is -0.494. The maximum absolute atomic E-state index is 11.9. The van der Waals surface area contributed by atoms with Gasteiger partial charge < -0.3 is 4.74 Å². The van der Waals surface area contributed by atoms with E-state index in [2.05, 4.69) is 0 Å². The third kappa shape index (κ3) is 3.20. The zero-order valence-corrected chi connectivity index (χ0v) is 10.9. The maximum Gasteiger partial charge on any atom is 0.338 e. The van der Waals surface area contributed by atoms with E-state index < -0.39 is 10.9 Å². The summed E-state index contributed by atoms with van der Waals surface area (Å²) < 4.78 is 5.19. The van der Waals surface area contributed by atoms with Gasteiger partial charge in [0.25, 0.3) is 5.69 Å². The second-order valence-electron chi connectivity index (χ2n) is 4.32. The monoisotopic (exact) mass is 271 g/mol. The Hall–Kier alpha value is -2.69. The third-order valence-corrected chi connectivity index (χ3v) is 2.85. The molecule has 0 aliphatic carbocycles. The van der Waals surface area contributed by atoms with Crippen LogP contribution in [0, 0.1) is 17.0 Å². The Kier molecular flexibility index (Phi) is 4.10. The standard InChI is InChI=1S/C15H13NO4/c1-11-9-13(16(18)19)7-8-14(11)15(17)20-10-12-5-3-2-4-6-12/h2-9H,10H2,1H3. The van der Waals surface area contributed by atoms with E-state index in [0.29, 0.717) is 11.1 Å². The molecule has 0 saturated carbocycles. The first-order valence-electron chi connectivity index (χ1n) is 6.04.